The number of rotatable bonds is 3. The van der Waals surface area contributed by atoms with Crippen LogP contribution in [0.25, 0.3) is 0 Å². The number of urea groups is 1. The fourth-order valence-electron chi connectivity index (χ4n) is 2.51. The van der Waals surface area contributed by atoms with E-state index in [1.165, 1.54) is 0 Å². The van der Waals surface area contributed by atoms with Gasteiger partial charge in [0.2, 0.25) is 0 Å². The average Bonchev–Trinajstić information content (AvgIpc) is 2.81. The van der Waals surface area contributed by atoms with Crippen LogP contribution in [0.15, 0.2) is 42.5 Å². The van der Waals surface area contributed by atoms with E-state index < -0.39 is 0 Å². The number of benzene rings is 1. The monoisotopic (exact) mass is 282 g/mol. The molecule has 2 N–H and O–H groups in total. The molecule has 0 spiro atoms. The van der Waals surface area contributed by atoms with E-state index in [9.17, 15) is 4.79 Å². The number of amides is 2. The third-order valence-corrected chi connectivity index (χ3v) is 3.60. The average molecular weight is 282 g/mol. The quantitative estimate of drug-likeness (QED) is 0.879. The Hall–Kier alpha value is -2.56. The summed E-state index contributed by atoms with van der Waals surface area (Å²) in [6, 6.07) is 13.3. The Bertz CT molecular complexity index is 654. The highest BCUT2D eigenvalue weighted by atomic mass is 16.2. The highest BCUT2D eigenvalue weighted by Crippen LogP contribution is 2.22. The van der Waals surface area contributed by atoms with Gasteiger partial charge in [0.1, 0.15) is 0 Å². The van der Waals surface area contributed by atoms with Crippen molar-refractivity contribution < 1.29 is 4.79 Å². The molecule has 2 aromatic rings. The lowest BCUT2D eigenvalue weighted by atomic mass is 10.2. The molecule has 0 aliphatic carbocycles. The van der Waals surface area contributed by atoms with Crippen LogP contribution in [-0.2, 0) is 6.54 Å². The topological polar surface area (TPSA) is 62.5 Å². The standard InChI is InChI=1S/C16H18N4O/c1-12-3-2-4-14(18-12)11-19-9-10-20(16(19)21)15-7-5-13(17)6-8-15/h2-8H,9-11,17H2,1H3. The number of carbonyl (C=O) groups excluding carboxylic acids is 1. The first-order valence-electron chi connectivity index (χ1n) is 6.98. The minimum absolute atomic E-state index is 0.0167. The number of nitrogens with two attached hydrogens (primary N) is 1. The summed E-state index contributed by atoms with van der Waals surface area (Å²) in [6.45, 7) is 3.90. The van der Waals surface area contributed by atoms with Crippen LogP contribution in [0.5, 0.6) is 0 Å². The molecule has 5 nitrogen and oxygen atoms in total. The predicted octanol–water partition coefficient (Wildman–Crippen LogP) is 2.41. The lowest BCUT2D eigenvalue weighted by Gasteiger charge is -2.18. The number of nitrogen functional groups attached to an aromatic ring is 1. The van der Waals surface area contributed by atoms with Crippen LogP contribution < -0.4 is 10.6 Å². The fourth-order valence-corrected chi connectivity index (χ4v) is 2.51. The normalized spacial score (nSPS) is 14.8. The molecule has 0 bridgehead atoms. The maximum absolute atomic E-state index is 12.5. The Balaban J connectivity index is 1.73. The van der Waals surface area contributed by atoms with Gasteiger partial charge in [-0.05, 0) is 43.3 Å². The van der Waals surface area contributed by atoms with Gasteiger partial charge in [-0.25, -0.2) is 4.79 Å². The first-order valence-corrected chi connectivity index (χ1v) is 6.98. The molecular weight excluding hydrogens is 264 g/mol. The van der Waals surface area contributed by atoms with E-state index in [1.807, 2.05) is 54.3 Å². The Kier molecular flexibility index (Phi) is 3.48. The van der Waals surface area contributed by atoms with Crippen LogP contribution in [0.1, 0.15) is 11.4 Å². The fraction of sp³-hybridized carbons (Fsp3) is 0.250. The Morgan fingerprint density at radius 1 is 1.14 bits per heavy atom. The highest BCUT2D eigenvalue weighted by molar-refractivity contribution is 5.94. The molecule has 2 amide bonds. The van der Waals surface area contributed by atoms with Crippen LogP contribution in [0, 0.1) is 6.92 Å². The van der Waals surface area contributed by atoms with Crippen molar-refractivity contribution in [3.63, 3.8) is 0 Å². The second kappa shape index (κ2) is 5.44. The van der Waals surface area contributed by atoms with Crippen molar-refractivity contribution in [2.24, 2.45) is 0 Å². The number of nitrogens with zero attached hydrogens (tertiary/aromatic N) is 3. The second-order valence-corrected chi connectivity index (χ2v) is 5.22. The lowest BCUT2D eigenvalue weighted by Crippen LogP contribution is -2.31. The van der Waals surface area contributed by atoms with Gasteiger partial charge in [-0.2, -0.15) is 0 Å². The molecule has 2 heterocycles. The second-order valence-electron chi connectivity index (χ2n) is 5.22. The van der Waals surface area contributed by atoms with E-state index in [2.05, 4.69) is 4.98 Å². The zero-order valence-corrected chi connectivity index (χ0v) is 12.0. The summed E-state index contributed by atoms with van der Waals surface area (Å²) in [4.78, 5) is 20.5. The third kappa shape index (κ3) is 2.81. The first-order chi connectivity index (χ1) is 10.1. The number of hydrogen-bond acceptors (Lipinski definition) is 3. The molecule has 0 atom stereocenters. The smallest absolute Gasteiger partial charge is 0.324 e. The molecule has 0 radical (unpaired) electrons. The van der Waals surface area contributed by atoms with Gasteiger partial charge in [0.25, 0.3) is 0 Å². The molecule has 5 heteroatoms. The number of aromatic nitrogens is 1. The Morgan fingerprint density at radius 2 is 1.90 bits per heavy atom. The number of hydrogen-bond donors (Lipinski definition) is 1. The molecule has 21 heavy (non-hydrogen) atoms. The molecule has 1 aliphatic heterocycles. The Labute approximate surface area is 124 Å². The summed E-state index contributed by atoms with van der Waals surface area (Å²) in [6.07, 6.45) is 0. The van der Waals surface area contributed by atoms with E-state index in [1.54, 1.807) is 4.90 Å². The maximum atomic E-state index is 12.5. The summed E-state index contributed by atoms with van der Waals surface area (Å²) in [7, 11) is 0. The number of aryl methyl sites for hydroxylation is 1. The maximum Gasteiger partial charge on any atom is 0.324 e. The summed E-state index contributed by atoms with van der Waals surface area (Å²) < 4.78 is 0. The number of anilines is 2. The molecule has 1 aliphatic rings. The molecular formula is C16H18N4O. The van der Waals surface area contributed by atoms with Crippen molar-refractivity contribution in [2.75, 3.05) is 23.7 Å². The van der Waals surface area contributed by atoms with Crippen LogP contribution in [-0.4, -0.2) is 29.0 Å². The SMILES string of the molecule is Cc1cccc(CN2CCN(c3ccc(N)cc3)C2=O)n1. The minimum atomic E-state index is 0.0167. The van der Waals surface area contributed by atoms with Crippen LogP contribution in [0.2, 0.25) is 0 Å². The van der Waals surface area contributed by atoms with Gasteiger partial charge in [-0.1, -0.05) is 6.07 Å². The van der Waals surface area contributed by atoms with Gasteiger partial charge in [-0.3, -0.25) is 9.88 Å². The zero-order chi connectivity index (χ0) is 14.8. The van der Waals surface area contributed by atoms with Gasteiger partial charge < -0.3 is 10.6 Å². The van der Waals surface area contributed by atoms with Crippen LogP contribution in [0.4, 0.5) is 16.2 Å². The molecule has 3 rings (SSSR count). The van der Waals surface area contributed by atoms with Crippen molar-refractivity contribution in [1.29, 1.82) is 0 Å². The minimum Gasteiger partial charge on any atom is -0.399 e. The van der Waals surface area contributed by atoms with E-state index in [0.29, 0.717) is 25.3 Å². The van der Waals surface area contributed by atoms with Crippen molar-refractivity contribution in [3.8, 4) is 0 Å². The first kappa shape index (κ1) is 13.4. The van der Waals surface area contributed by atoms with Crippen molar-refractivity contribution in [3.05, 3.63) is 53.9 Å². The lowest BCUT2D eigenvalue weighted by molar-refractivity contribution is 0.218. The van der Waals surface area contributed by atoms with Crippen LogP contribution in [0.3, 0.4) is 0 Å². The molecule has 1 fully saturated rings. The van der Waals surface area contributed by atoms with Gasteiger partial charge in [0.05, 0.1) is 12.2 Å². The molecule has 108 valence electrons. The molecule has 1 saturated heterocycles. The van der Waals surface area contributed by atoms with Crippen molar-refractivity contribution >= 4 is 17.4 Å². The largest absolute Gasteiger partial charge is 0.399 e. The summed E-state index contributed by atoms with van der Waals surface area (Å²) in [5.74, 6) is 0. The zero-order valence-electron chi connectivity index (χ0n) is 12.0. The number of carbonyl (C=O) groups is 1. The predicted molar refractivity (Wildman–Crippen MR) is 83.0 cm³/mol. The van der Waals surface area contributed by atoms with E-state index >= 15 is 0 Å². The van der Waals surface area contributed by atoms with Gasteiger partial charge >= 0.3 is 6.03 Å². The van der Waals surface area contributed by atoms with Crippen molar-refractivity contribution in [1.82, 2.24) is 9.88 Å². The number of pyridine rings is 1. The molecule has 0 unspecified atom stereocenters. The van der Waals surface area contributed by atoms with Gasteiger partial charge in [0.15, 0.2) is 0 Å². The summed E-state index contributed by atoms with van der Waals surface area (Å²) in [5.41, 5.74) is 9.15. The Morgan fingerprint density at radius 3 is 2.62 bits per heavy atom. The molecule has 1 aromatic carbocycles. The van der Waals surface area contributed by atoms with Crippen LogP contribution >= 0.6 is 0 Å². The highest BCUT2D eigenvalue weighted by Gasteiger charge is 2.29. The molecule has 1 aromatic heterocycles. The molecule has 0 saturated carbocycles. The van der Waals surface area contributed by atoms with Gasteiger partial charge in [-0.15, -0.1) is 0 Å². The van der Waals surface area contributed by atoms with Gasteiger partial charge in [0, 0.05) is 30.2 Å². The van der Waals surface area contributed by atoms with E-state index in [0.717, 1.165) is 17.1 Å². The summed E-state index contributed by atoms with van der Waals surface area (Å²) in [5, 5.41) is 0. The summed E-state index contributed by atoms with van der Waals surface area (Å²) >= 11 is 0. The third-order valence-electron chi connectivity index (χ3n) is 3.60. The van der Waals surface area contributed by atoms with E-state index in [4.69, 9.17) is 5.73 Å². The van der Waals surface area contributed by atoms with E-state index in [-0.39, 0.29) is 6.03 Å². The van der Waals surface area contributed by atoms with Crippen molar-refractivity contribution in [2.45, 2.75) is 13.5 Å².